The van der Waals surface area contributed by atoms with Crippen LogP contribution in [0.5, 0.6) is 0 Å². The summed E-state index contributed by atoms with van der Waals surface area (Å²) in [4.78, 5) is 0. The summed E-state index contributed by atoms with van der Waals surface area (Å²) in [7, 11) is 0. The second kappa shape index (κ2) is 9.11. The number of rotatable bonds is 5. The summed E-state index contributed by atoms with van der Waals surface area (Å²) < 4.78 is 5.31. The van der Waals surface area contributed by atoms with Gasteiger partial charge in [-0.3, -0.25) is 0 Å². The van der Waals surface area contributed by atoms with Gasteiger partial charge in [0, 0.05) is 0 Å². The molecule has 0 aliphatic carbocycles. The zero-order valence-electron chi connectivity index (χ0n) is 16.2. The van der Waals surface area contributed by atoms with Crippen molar-refractivity contribution in [3.05, 3.63) is 101 Å². The van der Waals surface area contributed by atoms with Gasteiger partial charge in [-0.1, -0.05) is 0 Å². The molecule has 1 heteroatoms. The Balaban J connectivity index is 2.29. The first-order valence-corrected chi connectivity index (χ1v) is 15.2. The Kier molecular flexibility index (Phi) is 6.58. The molecule has 0 amide bonds. The van der Waals surface area contributed by atoms with Crippen LogP contribution in [0.3, 0.4) is 0 Å². The quantitative estimate of drug-likeness (QED) is 0.396. The van der Waals surface area contributed by atoms with Crippen LogP contribution in [-0.2, 0) is 0 Å². The van der Waals surface area contributed by atoms with E-state index in [4.69, 9.17) is 0 Å². The molecule has 0 bridgehead atoms. The third kappa shape index (κ3) is 4.20. The van der Waals surface area contributed by atoms with Crippen molar-refractivity contribution in [3.8, 4) is 11.8 Å². The molecule has 0 nitrogen and oxygen atoms in total. The average Bonchev–Trinajstić information content (AvgIpc) is 2.71. The fourth-order valence-corrected chi connectivity index (χ4v) is 16.1. The standard InChI is InChI=1S/C8H11.3C6H5.Sn/c1-4-5-6-7-8(2)3;3*1-2-4-6-5-3-1;/h8H,1,7H2,2-3H3;3*1-5H;. The predicted octanol–water partition coefficient (Wildman–Crippen LogP) is 4.30. The van der Waals surface area contributed by atoms with E-state index >= 15 is 0 Å². The average molecular weight is 457 g/mol. The van der Waals surface area contributed by atoms with Gasteiger partial charge in [-0.05, 0) is 0 Å². The summed E-state index contributed by atoms with van der Waals surface area (Å²) in [6.07, 6.45) is 0.902. The Morgan fingerprint density at radius 1 is 0.741 bits per heavy atom. The Morgan fingerprint density at radius 3 is 1.44 bits per heavy atom. The molecule has 0 aliphatic rings. The number of hydrogen-bond acceptors (Lipinski definition) is 0. The van der Waals surface area contributed by atoms with Crippen molar-refractivity contribution in [1.82, 2.24) is 0 Å². The van der Waals surface area contributed by atoms with E-state index in [1.807, 2.05) is 0 Å². The molecule has 0 unspecified atom stereocenters. The van der Waals surface area contributed by atoms with Gasteiger partial charge in [-0.15, -0.1) is 0 Å². The first kappa shape index (κ1) is 19.5. The Bertz CT molecular complexity index is 832. The van der Waals surface area contributed by atoms with E-state index < -0.39 is 18.4 Å². The number of allylic oxidation sites excluding steroid dienone is 1. The van der Waals surface area contributed by atoms with Gasteiger partial charge in [0.25, 0.3) is 0 Å². The fourth-order valence-electron chi connectivity index (χ4n) is 3.54. The molecule has 3 aromatic rings. The summed E-state index contributed by atoms with van der Waals surface area (Å²) >= 11 is -3.48. The molecule has 0 aliphatic heterocycles. The SMILES string of the molecule is C=[C](C#CCC(C)C)[Sn]([c]1ccccc1)([c]1ccccc1)[c]1ccccc1. The van der Waals surface area contributed by atoms with Crippen molar-refractivity contribution >= 4 is 29.1 Å². The summed E-state index contributed by atoms with van der Waals surface area (Å²) in [5, 5.41) is 0. The summed E-state index contributed by atoms with van der Waals surface area (Å²) in [5.74, 6) is 7.47. The zero-order valence-corrected chi connectivity index (χ0v) is 19.0. The molecule has 0 saturated carbocycles. The van der Waals surface area contributed by atoms with Crippen molar-refractivity contribution in [3.63, 3.8) is 0 Å². The van der Waals surface area contributed by atoms with Gasteiger partial charge in [0.2, 0.25) is 0 Å². The van der Waals surface area contributed by atoms with Gasteiger partial charge in [0.05, 0.1) is 0 Å². The normalized spacial score (nSPS) is 10.9. The molecule has 0 radical (unpaired) electrons. The van der Waals surface area contributed by atoms with E-state index in [9.17, 15) is 0 Å². The molecule has 27 heavy (non-hydrogen) atoms. The number of benzene rings is 3. The van der Waals surface area contributed by atoms with Crippen LogP contribution in [0.2, 0.25) is 0 Å². The number of hydrogen-bond donors (Lipinski definition) is 0. The second-order valence-electron chi connectivity index (χ2n) is 7.23. The first-order valence-electron chi connectivity index (χ1n) is 9.50. The summed E-state index contributed by atoms with van der Waals surface area (Å²) in [5.41, 5.74) is 0. The molecule has 0 spiro atoms. The van der Waals surface area contributed by atoms with Crippen LogP contribution in [0.4, 0.5) is 0 Å². The van der Waals surface area contributed by atoms with Gasteiger partial charge in [0.15, 0.2) is 0 Å². The molecule has 134 valence electrons. The van der Waals surface area contributed by atoms with Gasteiger partial charge < -0.3 is 0 Å². The summed E-state index contributed by atoms with van der Waals surface area (Å²) in [6, 6.07) is 32.7. The molecule has 0 N–H and O–H groups in total. The van der Waals surface area contributed by atoms with Gasteiger partial charge in [-0.2, -0.15) is 0 Å². The van der Waals surface area contributed by atoms with E-state index in [-0.39, 0.29) is 0 Å². The minimum absolute atomic E-state index is 0.570. The van der Waals surface area contributed by atoms with Crippen LogP contribution in [0.1, 0.15) is 20.3 Å². The molecule has 0 aromatic heterocycles. The molecule has 0 fully saturated rings. The Morgan fingerprint density at radius 2 is 1.11 bits per heavy atom. The maximum atomic E-state index is 4.57. The van der Waals surface area contributed by atoms with Crippen LogP contribution >= 0.6 is 0 Å². The van der Waals surface area contributed by atoms with E-state index in [0.29, 0.717) is 5.92 Å². The van der Waals surface area contributed by atoms with Gasteiger partial charge >= 0.3 is 168 Å². The second-order valence-corrected chi connectivity index (χ2v) is 18.2. The molecule has 3 rings (SSSR count). The van der Waals surface area contributed by atoms with Crippen LogP contribution < -0.4 is 10.7 Å². The van der Waals surface area contributed by atoms with Crippen molar-refractivity contribution in [1.29, 1.82) is 0 Å². The molecule has 0 heterocycles. The van der Waals surface area contributed by atoms with Crippen LogP contribution in [-0.4, -0.2) is 18.4 Å². The Hall–Kier alpha value is -2.24. The fraction of sp³-hybridized carbons (Fsp3) is 0.154. The summed E-state index contributed by atoms with van der Waals surface area (Å²) in [6.45, 7) is 8.99. The van der Waals surface area contributed by atoms with E-state index in [2.05, 4.69) is 123 Å². The van der Waals surface area contributed by atoms with Crippen molar-refractivity contribution in [2.75, 3.05) is 0 Å². The zero-order chi connectivity index (χ0) is 19.1. The topological polar surface area (TPSA) is 0 Å². The van der Waals surface area contributed by atoms with E-state index in [0.717, 1.165) is 10.0 Å². The predicted molar refractivity (Wildman–Crippen MR) is 120 cm³/mol. The monoisotopic (exact) mass is 458 g/mol. The molecule has 0 saturated heterocycles. The first-order chi connectivity index (χ1) is 13.2. The molecular formula is C26H26Sn. The van der Waals surface area contributed by atoms with Gasteiger partial charge in [-0.25, -0.2) is 0 Å². The third-order valence-electron chi connectivity index (χ3n) is 4.82. The van der Waals surface area contributed by atoms with E-state index in [1.54, 1.807) is 0 Å². The van der Waals surface area contributed by atoms with Crippen LogP contribution in [0.15, 0.2) is 101 Å². The van der Waals surface area contributed by atoms with E-state index in [1.165, 1.54) is 10.7 Å². The molecular weight excluding hydrogens is 431 g/mol. The molecule has 0 atom stereocenters. The van der Waals surface area contributed by atoms with Crippen molar-refractivity contribution < 1.29 is 0 Å². The molecule has 3 aromatic carbocycles. The van der Waals surface area contributed by atoms with Crippen LogP contribution in [0.25, 0.3) is 0 Å². The minimum atomic E-state index is -3.48. The van der Waals surface area contributed by atoms with Crippen LogP contribution in [0, 0.1) is 17.8 Å². The third-order valence-corrected chi connectivity index (χ3v) is 18.0. The maximum absolute atomic E-state index is 4.57. The Labute approximate surface area is 167 Å². The van der Waals surface area contributed by atoms with Gasteiger partial charge in [0.1, 0.15) is 0 Å². The van der Waals surface area contributed by atoms with Crippen molar-refractivity contribution in [2.45, 2.75) is 20.3 Å². The van der Waals surface area contributed by atoms with Crippen molar-refractivity contribution in [2.24, 2.45) is 5.92 Å².